The summed E-state index contributed by atoms with van der Waals surface area (Å²) in [5, 5.41) is 6.13. The Bertz CT molecular complexity index is 813. The summed E-state index contributed by atoms with van der Waals surface area (Å²) < 4.78 is 2.20. The van der Waals surface area contributed by atoms with E-state index < -0.39 is 0 Å². The molecular formula is C18H20N4OS2. The molecule has 0 radical (unpaired) electrons. The minimum atomic E-state index is -0.0692. The van der Waals surface area contributed by atoms with Gasteiger partial charge in [-0.1, -0.05) is 55.9 Å². The topological polar surface area (TPSA) is 59.8 Å². The fraction of sp³-hybridized carbons (Fsp3) is 0.278. The van der Waals surface area contributed by atoms with Crippen molar-refractivity contribution in [3.05, 3.63) is 48.1 Å². The third-order valence-electron chi connectivity index (χ3n) is 3.45. The molecule has 3 aromatic rings. The van der Waals surface area contributed by atoms with Crippen LogP contribution in [0.5, 0.6) is 0 Å². The number of rotatable bonds is 7. The zero-order chi connectivity index (χ0) is 17.6. The van der Waals surface area contributed by atoms with E-state index >= 15 is 0 Å². The molecule has 0 atom stereocenters. The summed E-state index contributed by atoms with van der Waals surface area (Å²) in [7, 11) is 0. The molecule has 0 aliphatic heterocycles. The van der Waals surface area contributed by atoms with Crippen molar-refractivity contribution < 1.29 is 4.79 Å². The van der Waals surface area contributed by atoms with Crippen LogP contribution in [0.25, 0.3) is 11.3 Å². The third kappa shape index (κ3) is 4.70. The summed E-state index contributed by atoms with van der Waals surface area (Å²) in [4.78, 5) is 20.7. The highest BCUT2D eigenvalue weighted by molar-refractivity contribution is 7.99. The largest absolute Gasteiger partial charge is 0.319 e. The molecule has 7 heteroatoms. The van der Waals surface area contributed by atoms with E-state index in [0.29, 0.717) is 16.8 Å². The zero-order valence-electron chi connectivity index (χ0n) is 14.2. The second-order valence-corrected chi connectivity index (χ2v) is 7.81. The predicted molar refractivity (Wildman–Crippen MR) is 104 cm³/mol. The van der Waals surface area contributed by atoms with Crippen LogP contribution in [0.3, 0.4) is 0 Å². The molecule has 1 aromatic carbocycles. The van der Waals surface area contributed by atoms with E-state index in [1.807, 2.05) is 29.8 Å². The fourth-order valence-electron chi connectivity index (χ4n) is 2.43. The van der Waals surface area contributed by atoms with Gasteiger partial charge in [-0.05, 0) is 11.5 Å². The maximum atomic E-state index is 12.1. The average Bonchev–Trinajstić information content (AvgIpc) is 3.23. The summed E-state index contributed by atoms with van der Waals surface area (Å²) in [6, 6.07) is 10.2. The van der Waals surface area contributed by atoms with E-state index in [4.69, 9.17) is 0 Å². The molecule has 0 fully saturated rings. The van der Waals surface area contributed by atoms with Crippen LogP contribution < -0.4 is 5.32 Å². The van der Waals surface area contributed by atoms with Crippen molar-refractivity contribution in [1.29, 1.82) is 0 Å². The van der Waals surface area contributed by atoms with E-state index in [0.717, 1.165) is 23.0 Å². The van der Waals surface area contributed by atoms with Crippen molar-refractivity contribution in [2.45, 2.75) is 25.5 Å². The molecule has 25 heavy (non-hydrogen) atoms. The Morgan fingerprint density at radius 2 is 2.08 bits per heavy atom. The molecule has 0 bridgehead atoms. The molecule has 3 rings (SSSR count). The smallest absolute Gasteiger partial charge is 0.236 e. The number of aromatic nitrogens is 3. The molecule has 1 N–H and O–H groups in total. The van der Waals surface area contributed by atoms with Gasteiger partial charge in [0.15, 0.2) is 10.3 Å². The molecule has 0 unspecified atom stereocenters. The number of carbonyl (C=O) groups excluding carboxylic acids is 1. The number of nitrogens with one attached hydrogen (secondary N) is 1. The molecule has 1 amide bonds. The van der Waals surface area contributed by atoms with Gasteiger partial charge in [-0.25, -0.2) is 9.97 Å². The summed E-state index contributed by atoms with van der Waals surface area (Å²) >= 11 is 2.86. The van der Waals surface area contributed by atoms with Crippen molar-refractivity contribution in [1.82, 2.24) is 14.5 Å². The Balaban J connectivity index is 1.74. The first-order valence-electron chi connectivity index (χ1n) is 8.06. The average molecular weight is 373 g/mol. The normalized spacial score (nSPS) is 11.0. The van der Waals surface area contributed by atoms with Crippen LogP contribution in [0.2, 0.25) is 0 Å². The first-order chi connectivity index (χ1) is 12.1. The van der Waals surface area contributed by atoms with E-state index in [1.165, 1.54) is 23.1 Å². The summed E-state index contributed by atoms with van der Waals surface area (Å²) in [5.41, 5.74) is 2.21. The minimum absolute atomic E-state index is 0.0692. The summed E-state index contributed by atoms with van der Waals surface area (Å²) in [6.45, 7) is 5.22. The van der Waals surface area contributed by atoms with Gasteiger partial charge in [0.05, 0.1) is 17.6 Å². The fourth-order valence-corrected chi connectivity index (χ4v) is 3.76. The molecule has 0 spiro atoms. The van der Waals surface area contributed by atoms with Gasteiger partial charge in [-0.3, -0.25) is 4.79 Å². The zero-order valence-corrected chi connectivity index (χ0v) is 15.8. The summed E-state index contributed by atoms with van der Waals surface area (Å²) in [5.74, 6) is 0.726. The number of carbonyl (C=O) groups is 1. The molecule has 130 valence electrons. The van der Waals surface area contributed by atoms with E-state index in [1.54, 1.807) is 6.20 Å². The van der Waals surface area contributed by atoms with Gasteiger partial charge in [-0.2, -0.15) is 0 Å². The molecule has 0 aliphatic rings. The molecule has 0 saturated carbocycles. The molecular weight excluding hydrogens is 352 g/mol. The molecule has 5 nitrogen and oxygen atoms in total. The molecule has 2 aromatic heterocycles. The predicted octanol–water partition coefficient (Wildman–Crippen LogP) is 4.39. The number of nitrogens with zero attached hydrogens (tertiary/aromatic N) is 3. The second-order valence-electron chi connectivity index (χ2n) is 5.97. The summed E-state index contributed by atoms with van der Waals surface area (Å²) in [6.07, 6.45) is 3.56. The van der Waals surface area contributed by atoms with Crippen LogP contribution in [0.1, 0.15) is 13.8 Å². The van der Waals surface area contributed by atoms with Crippen LogP contribution in [-0.2, 0) is 11.3 Å². The van der Waals surface area contributed by atoms with Crippen molar-refractivity contribution in [2.24, 2.45) is 5.92 Å². The Morgan fingerprint density at radius 3 is 2.76 bits per heavy atom. The van der Waals surface area contributed by atoms with Gasteiger partial charge in [-0.15, -0.1) is 11.3 Å². The number of imidazole rings is 1. The number of hydrogen-bond donors (Lipinski definition) is 1. The van der Waals surface area contributed by atoms with Crippen molar-refractivity contribution in [3.8, 4) is 11.3 Å². The number of anilines is 1. The van der Waals surface area contributed by atoms with Gasteiger partial charge in [0.1, 0.15) is 0 Å². The van der Waals surface area contributed by atoms with E-state index in [2.05, 4.69) is 45.8 Å². The Hall–Kier alpha value is -2.12. The first-order valence-corrected chi connectivity index (χ1v) is 9.93. The molecule has 0 saturated heterocycles. The maximum Gasteiger partial charge on any atom is 0.236 e. The van der Waals surface area contributed by atoms with Crippen molar-refractivity contribution in [2.75, 3.05) is 11.1 Å². The monoisotopic (exact) mass is 372 g/mol. The van der Waals surface area contributed by atoms with E-state index in [-0.39, 0.29) is 5.91 Å². The Kier molecular flexibility index (Phi) is 5.88. The number of thiazole rings is 1. The van der Waals surface area contributed by atoms with Crippen LogP contribution in [0.15, 0.2) is 53.3 Å². The SMILES string of the molecule is CC(C)Cn1c(-c2ccccc2)cnc1SCC(=O)Nc1nccs1. The minimum Gasteiger partial charge on any atom is -0.319 e. The van der Waals surface area contributed by atoms with Crippen LogP contribution in [0, 0.1) is 5.92 Å². The Morgan fingerprint density at radius 1 is 1.28 bits per heavy atom. The van der Waals surface area contributed by atoms with E-state index in [9.17, 15) is 4.79 Å². The van der Waals surface area contributed by atoms with Crippen molar-refractivity contribution >= 4 is 34.1 Å². The standard InChI is InChI=1S/C18H20N4OS2/c1-13(2)11-22-15(14-6-4-3-5-7-14)10-20-18(22)25-12-16(23)21-17-19-8-9-24-17/h3-10,13H,11-12H2,1-2H3,(H,19,21,23). The lowest BCUT2D eigenvalue weighted by molar-refractivity contribution is -0.113. The van der Waals surface area contributed by atoms with Gasteiger partial charge in [0.25, 0.3) is 0 Å². The lowest BCUT2D eigenvalue weighted by Crippen LogP contribution is -2.15. The van der Waals surface area contributed by atoms with Gasteiger partial charge < -0.3 is 9.88 Å². The highest BCUT2D eigenvalue weighted by Crippen LogP contribution is 2.27. The second kappa shape index (κ2) is 8.31. The highest BCUT2D eigenvalue weighted by atomic mass is 32.2. The lowest BCUT2D eigenvalue weighted by atomic mass is 10.1. The number of thioether (sulfide) groups is 1. The van der Waals surface area contributed by atoms with Gasteiger partial charge in [0.2, 0.25) is 5.91 Å². The first kappa shape index (κ1) is 17.7. The van der Waals surface area contributed by atoms with Gasteiger partial charge >= 0.3 is 0 Å². The van der Waals surface area contributed by atoms with Crippen LogP contribution in [0.4, 0.5) is 5.13 Å². The lowest BCUT2D eigenvalue weighted by Gasteiger charge is -2.14. The Labute approximate surface area is 155 Å². The van der Waals surface area contributed by atoms with Crippen LogP contribution >= 0.6 is 23.1 Å². The molecule has 2 heterocycles. The number of amides is 1. The van der Waals surface area contributed by atoms with Crippen molar-refractivity contribution in [3.63, 3.8) is 0 Å². The highest BCUT2D eigenvalue weighted by Gasteiger charge is 2.15. The number of benzene rings is 1. The molecule has 0 aliphatic carbocycles. The maximum absolute atomic E-state index is 12.1. The third-order valence-corrected chi connectivity index (χ3v) is 5.13. The number of hydrogen-bond acceptors (Lipinski definition) is 5. The quantitative estimate of drug-likeness (QED) is 0.625. The van der Waals surface area contributed by atoms with Crippen LogP contribution in [-0.4, -0.2) is 26.2 Å². The van der Waals surface area contributed by atoms with Gasteiger partial charge in [0, 0.05) is 18.1 Å².